The molecule has 0 spiro atoms. The average molecular weight is 472 g/mol. The molecule has 1 fully saturated rings. The molecule has 0 aliphatic heterocycles. The molecule has 180 valence electrons. The Hall–Kier alpha value is -4.20. The molecule has 35 heavy (non-hydrogen) atoms. The standard InChI is InChI=1S/C27H29N5O3/c33-27(31-29-19-21-11-14-24(15-12-21)32(34)35)22-13-16-25(30-23-9-5-2-6-10-23)26(17-22)28-18-20-7-3-1-4-8-20/h1,3-4,7-8,11-17,19,23,28,30H,2,5-6,9-10,18H2,(H,31,33)/b29-19+. The zero-order valence-corrected chi connectivity index (χ0v) is 19.4. The van der Waals surface area contributed by atoms with E-state index >= 15 is 0 Å². The number of anilines is 2. The van der Waals surface area contributed by atoms with Crippen molar-refractivity contribution in [2.75, 3.05) is 10.6 Å². The van der Waals surface area contributed by atoms with Crippen LogP contribution in [0.1, 0.15) is 53.6 Å². The van der Waals surface area contributed by atoms with Gasteiger partial charge in [0, 0.05) is 30.3 Å². The summed E-state index contributed by atoms with van der Waals surface area (Å²) in [5, 5.41) is 21.9. The summed E-state index contributed by atoms with van der Waals surface area (Å²) in [7, 11) is 0. The fourth-order valence-corrected chi connectivity index (χ4v) is 4.13. The largest absolute Gasteiger partial charge is 0.381 e. The smallest absolute Gasteiger partial charge is 0.271 e. The van der Waals surface area contributed by atoms with Gasteiger partial charge < -0.3 is 10.6 Å². The second kappa shape index (κ2) is 11.8. The molecule has 0 radical (unpaired) electrons. The Bertz CT molecular complexity index is 1170. The van der Waals surface area contributed by atoms with Gasteiger partial charge in [-0.1, -0.05) is 49.6 Å². The Morgan fingerprint density at radius 3 is 2.43 bits per heavy atom. The molecule has 0 unspecified atom stereocenters. The van der Waals surface area contributed by atoms with Crippen LogP contribution in [0.2, 0.25) is 0 Å². The Kier molecular flexibility index (Phi) is 8.06. The number of non-ortho nitro benzene ring substituents is 1. The number of benzene rings is 3. The quantitative estimate of drug-likeness (QED) is 0.210. The van der Waals surface area contributed by atoms with Crippen molar-refractivity contribution in [2.24, 2.45) is 5.10 Å². The van der Waals surface area contributed by atoms with E-state index in [1.807, 2.05) is 30.3 Å². The lowest BCUT2D eigenvalue weighted by atomic mass is 9.95. The van der Waals surface area contributed by atoms with Gasteiger partial charge in [0.05, 0.1) is 22.5 Å². The van der Waals surface area contributed by atoms with Gasteiger partial charge in [-0.15, -0.1) is 0 Å². The average Bonchev–Trinajstić information content (AvgIpc) is 2.89. The van der Waals surface area contributed by atoms with E-state index in [2.05, 4.69) is 33.3 Å². The first-order chi connectivity index (χ1) is 17.1. The first-order valence-electron chi connectivity index (χ1n) is 11.8. The number of hydrogen-bond donors (Lipinski definition) is 3. The molecule has 3 N–H and O–H groups in total. The highest BCUT2D eigenvalue weighted by molar-refractivity contribution is 5.97. The predicted octanol–water partition coefficient (Wildman–Crippen LogP) is 5.72. The van der Waals surface area contributed by atoms with Gasteiger partial charge in [0.1, 0.15) is 0 Å². The Labute approximate surface area is 204 Å². The van der Waals surface area contributed by atoms with E-state index in [9.17, 15) is 14.9 Å². The maximum Gasteiger partial charge on any atom is 0.271 e. The molecule has 1 amide bonds. The molecule has 8 nitrogen and oxygen atoms in total. The number of nitrogens with zero attached hydrogens (tertiary/aromatic N) is 2. The number of nitro benzene ring substituents is 1. The molecule has 4 rings (SSSR count). The number of amides is 1. The summed E-state index contributed by atoms with van der Waals surface area (Å²) >= 11 is 0. The van der Waals surface area contributed by atoms with Crippen molar-refractivity contribution in [3.63, 3.8) is 0 Å². The molecule has 0 saturated heterocycles. The molecule has 8 heteroatoms. The third kappa shape index (κ3) is 6.89. The van der Waals surface area contributed by atoms with E-state index in [4.69, 9.17) is 0 Å². The van der Waals surface area contributed by atoms with Crippen molar-refractivity contribution in [2.45, 2.75) is 44.7 Å². The maximum atomic E-state index is 12.7. The van der Waals surface area contributed by atoms with E-state index in [-0.39, 0.29) is 11.6 Å². The summed E-state index contributed by atoms with van der Waals surface area (Å²) in [6.45, 7) is 0.642. The number of hydrogen-bond acceptors (Lipinski definition) is 6. The highest BCUT2D eigenvalue weighted by Crippen LogP contribution is 2.28. The van der Waals surface area contributed by atoms with Crippen LogP contribution in [0.4, 0.5) is 17.1 Å². The van der Waals surface area contributed by atoms with Gasteiger partial charge in [0.15, 0.2) is 0 Å². The second-order valence-electron chi connectivity index (χ2n) is 8.63. The molecule has 3 aromatic carbocycles. The van der Waals surface area contributed by atoms with Gasteiger partial charge in [-0.2, -0.15) is 5.10 Å². The van der Waals surface area contributed by atoms with Gasteiger partial charge in [-0.25, -0.2) is 5.43 Å². The topological polar surface area (TPSA) is 109 Å². The minimum Gasteiger partial charge on any atom is -0.381 e. The fourth-order valence-electron chi connectivity index (χ4n) is 4.13. The number of rotatable bonds is 9. The van der Waals surface area contributed by atoms with E-state index < -0.39 is 4.92 Å². The minimum absolute atomic E-state index is 0.00337. The van der Waals surface area contributed by atoms with Gasteiger partial charge in [-0.05, 0) is 54.3 Å². The summed E-state index contributed by atoms with van der Waals surface area (Å²) < 4.78 is 0. The molecule has 0 atom stereocenters. The van der Waals surface area contributed by atoms with Crippen LogP contribution in [0.5, 0.6) is 0 Å². The third-order valence-electron chi connectivity index (χ3n) is 6.06. The van der Waals surface area contributed by atoms with Gasteiger partial charge >= 0.3 is 0 Å². The summed E-state index contributed by atoms with van der Waals surface area (Å²) in [5.74, 6) is -0.338. The number of nitrogens with one attached hydrogen (secondary N) is 3. The predicted molar refractivity (Wildman–Crippen MR) is 139 cm³/mol. The van der Waals surface area contributed by atoms with Crippen molar-refractivity contribution in [3.8, 4) is 0 Å². The molecular formula is C27H29N5O3. The Morgan fingerprint density at radius 2 is 1.71 bits per heavy atom. The molecule has 3 aromatic rings. The van der Waals surface area contributed by atoms with Crippen molar-refractivity contribution in [1.82, 2.24) is 5.43 Å². The molecule has 1 aliphatic carbocycles. The van der Waals surface area contributed by atoms with Gasteiger partial charge in [-0.3, -0.25) is 14.9 Å². The molecule has 1 saturated carbocycles. The lowest BCUT2D eigenvalue weighted by Gasteiger charge is -2.25. The zero-order chi connectivity index (χ0) is 24.5. The number of carbonyl (C=O) groups excluding carboxylic acids is 1. The summed E-state index contributed by atoms with van der Waals surface area (Å²) in [4.78, 5) is 23.1. The maximum absolute atomic E-state index is 12.7. The van der Waals surface area contributed by atoms with Gasteiger partial charge in [0.2, 0.25) is 0 Å². The van der Waals surface area contributed by atoms with Crippen molar-refractivity contribution in [3.05, 3.63) is 99.6 Å². The van der Waals surface area contributed by atoms with E-state index in [1.165, 1.54) is 37.6 Å². The van der Waals surface area contributed by atoms with E-state index in [0.717, 1.165) is 29.8 Å². The molecule has 1 aliphatic rings. The highest BCUT2D eigenvalue weighted by Gasteiger charge is 2.16. The molecule has 0 heterocycles. The summed E-state index contributed by atoms with van der Waals surface area (Å²) in [5.41, 5.74) is 6.67. The highest BCUT2D eigenvalue weighted by atomic mass is 16.6. The van der Waals surface area contributed by atoms with Crippen LogP contribution in [-0.4, -0.2) is 23.1 Å². The van der Waals surface area contributed by atoms with Crippen LogP contribution in [0.15, 0.2) is 77.9 Å². The van der Waals surface area contributed by atoms with Crippen LogP contribution in [0, 0.1) is 10.1 Å². The first-order valence-corrected chi connectivity index (χ1v) is 11.8. The molecule has 0 aromatic heterocycles. The van der Waals surface area contributed by atoms with Crippen LogP contribution in [0.3, 0.4) is 0 Å². The van der Waals surface area contributed by atoms with Crippen LogP contribution in [0.25, 0.3) is 0 Å². The van der Waals surface area contributed by atoms with Crippen LogP contribution < -0.4 is 16.1 Å². The van der Waals surface area contributed by atoms with Crippen molar-refractivity contribution in [1.29, 1.82) is 0 Å². The fraction of sp³-hybridized carbons (Fsp3) is 0.259. The minimum atomic E-state index is -0.459. The summed E-state index contributed by atoms with van der Waals surface area (Å²) in [6, 6.07) is 22.1. The lowest BCUT2D eigenvalue weighted by Crippen LogP contribution is -2.23. The van der Waals surface area contributed by atoms with Crippen molar-refractivity contribution >= 4 is 29.2 Å². The first kappa shape index (κ1) is 23.9. The zero-order valence-electron chi connectivity index (χ0n) is 19.4. The summed E-state index contributed by atoms with van der Waals surface area (Å²) in [6.07, 6.45) is 7.51. The van der Waals surface area contributed by atoms with Crippen molar-refractivity contribution < 1.29 is 9.72 Å². The SMILES string of the molecule is O=C(N/N=C/c1ccc([N+](=O)[O-])cc1)c1ccc(NC2CCCCC2)c(NCc2ccccc2)c1. The third-order valence-corrected chi connectivity index (χ3v) is 6.06. The van der Waals surface area contributed by atoms with Gasteiger partial charge in [0.25, 0.3) is 11.6 Å². The van der Waals surface area contributed by atoms with E-state index in [1.54, 1.807) is 18.2 Å². The second-order valence-corrected chi connectivity index (χ2v) is 8.63. The Balaban J connectivity index is 1.45. The Morgan fingerprint density at radius 1 is 0.971 bits per heavy atom. The number of nitro groups is 1. The molecular weight excluding hydrogens is 442 g/mol. The van der Waals surface area contributed by atoms with E-state index in [0.29, 0.717) is 23.7 Å². The number of hydrazone groups is 1. The monoisotopic (exact) mass is 471 g/mol. The lowest BCUT2D eigenvalue weighted by molar-refractivity contribution is -0.384. The normalized spacial score (nSPS) is 13.9. The van der Waals surface area contributed by atoms with Crippen LogP contribution in [-0.2, 0) is 6.54 Å². The van der Waals surface area contributed by atoms with Crippen LogP contribution >= 0.6 is 0 Å². The number of carbonyl (C=O) groups is 1. The molecule has 0 bridgehead atoms.